The molecule has 0 aliphatic carbocycles. The van der Waals surface area contributed by atoms with Gasteiger partial charge in [-0.3, -0.25) is 0 Å². The third-order valence-corrected chi connectivity index (χ3v) is 3.71. The summed E-state index contributed by atoms with van der Waals surface area (Å²) in [6.45, 7) is 3.89. The molecule has 0 aliphatic heterocycles. The molecule has 2 aromatic heterocycles. The summed E-state index contributed by atoms with van der Waals surface area (Å²) < 4.78 is 2.96. The molecule has 0 amide bonds. The lowest BCUT2D eigenvalue weighted by atomic mass is 10.2. The van der Waals surface area contributed by atoms with Gasteiger partial charge < -0.3 is 5.73 Å². The summed E-state index contributed by atoms with van der Waals surface area (Å²) in [5.74, 6) is 0. The lowest BCUT2D eigenvalue weighted by Crippen LogP contribution is -2.07. The Kier molecular flexibility index (Phi) is 2.61. The molecular weight excluding hydrogens is 246 g/mol. The van der Waals surface area contributed by atoms with Crippen LogP contribution in [0.1, 0.15) is 24.4 Å². The average Bonchev–Trinajstić information content (AvgIpc) is 2.93. The van der Waals surface area contributed by atoms with E-state index < -0.39 is 0 Å². The van der Waals surface area contributed by atoms with Crippen LogP contribution < -0.4 is 5.73 Å². The normalized spacial score (nSPS) is 13.1. The first kappa shape index (κ1) is 11.3. The Morgan fingerprint density at radius 2 is 2.22 bits per heavy atom. The van der Waals surface area contributed by atoms with Crippen molar-refractivity contribution >= 4 is 21.6 Å². The lowest BCUT2D eigenvalue weighted by Gasteiger charge is -2.05. The summed E-state index contributed by atoms with van der Waals surface area (Å²) in [6, 6.07) is 5.95. The number of aromatic nitrogens is 4. The molecule has 3 rings (SSSR count). The van der Waals surface area contributed by atoms with Crippen LogP contribution in [0.4, 0.5) is 0 Å². The Morgan fingerprint density at radius 3 is 2.94 bits per heavy atom. The number of hydrogen-bond acceptors (Lipinski definition) is 5. The Hall–Kier alpha value is -1.79. The molecule has 0 spiro atoms. The van der Waals surface area contributed by atoms with Crippen LogP contribution >= 0.6 is 11.3 Å². The summed E-state index contributed by atoms with van der Waals surface area (Å²) in [7, 11) is 0. The van der Waals surface area contributed by atoms with E-state index in [1.54, 1.807) is 11.3 Å². The molecule has 0 bridgehead atoms. The number of nitrogens with zero attached hydrogens (tertiary/aromatic N) is 4. The van der Waals surface area contributed by atoms with Crippen molar-refractivity contribution in [2.24, 2.45) is 5.73 Å². The maximum atomic E-state index is 5.86. The van der Waals surface area contributed by atoms with Gasteiger partial charge >= 0.3 is 0 Å². The maximum absolute atomic E-state index is 5.86. The largest absolute Gasteiger partial charge is 0.323 e. The SMILES string of the molecule is Cc1c(C(C)N)nnn1-c1ccc2ncsc2c1. The first-order chi connectivity index (χ1) is 8.66. The fraction of sp³-hybridized carbons (Fsp3) is 0.250. The van der Waals surface area contributed by atoms with Crippen LogP contribution in [-0.4, -0.2) is 20.0 Å². The minimum Gasteiger partial charge on any atom is -0.323 e. The molecule has 0 saturated carbocycles. The first-order valence-corrected chi connectivity index (χ1v) is 6.56. The minimum atomic E-state index is -0.106. The van der Waals surface area contributed by atoms with Gasteiger partial charge in [-0.25, -0.2) is 9.67 Å². The van der Waals surface area contributed by atoms with E-state index in [1.165, 1.54) is 0 Å². The highest BCUT2D eigenvalue weighted by Gasteiger charge is 2.13. The number of hydrogen-bond donors (Lipinski definition) is 1. The Labute approximate surface area is 108 Å². The molecule has 0 aliphatic rings. The molecule has 1 unspecified atom stereocenters. The molecule has 0 radical (unpaired) electrons. The van der Waals surface area contributed by atoms with Gasteiger partial charge in [0.1, 0.15) is 5.69 Å². The van der Waals surface area contributed by atoms with Crippen LogP contribution in [0.2, 0.25) is 0 Å². The summed E-state index contributed by atoms with van der Waals surface area (Å²) in [5.41, 5.74) is 11.5. The second kappa shape index (κ2) is 4.15. The highest BCUT2D eigenvalue weighted by Crippen LogP contribution is 2.22. The van der Waals surface area contributed by atoms with Crippen molar-refractivity contribution in [3.63, 3.8) is 0 Å². The molecule has 1 aromatic carbocycles. The summed E-state index contributed by atoms with van der Waals surface area (Å²) >= 11 is 1.62. The highest BCUT2D eigenvalue weighted by molar-refractivity contribution is 7.16. The van der Waals surface area contributed by atoms with Gasteiger partial charge in [0, 0.05) is 6.04 Å². The van der Waals surface area contributed by atoms with Gasteiger partial charge in [-0.1, -0.05) is 5.21 Å². The van der Waals surface area contributed by atoms with Crippen LogP contribution in [0, 0.1) is 6.92 Å². The van der Waals surface area contributed by atoms with E-state index >= 15 is 0 Å². The van der Waals surface area contributed by atoms with Crippen LogP contribution in [0.15, 0.2) is 23.7 Å². The van der Waals surface area contributed by atoms with Crippen LogP contribution in [0.5, 0.6) is 0 Å². The quantitative estimate of drug-likeness (QED) is 0.766. The molecule has 92 valence electrons. The molecule has 2 heterocycles. The number of benzene rings is 1. The predicted octanol–water partition coefficient (Wildman–Crippen LogP) is 2.21. The number of fused-ring (bicyclic) bond motifs is 1. The zero-order valence-electron chi connectivity index (χ0n) is 10.2. The Bertz CT molecular complexity index is 697. The van der Waals surface area contributed by atoms with Gasteiger partial charge in [0.25, 0.3) is 0 Å². The predicted molar refractivity (Wildman–Crippen MR) is 71.9 cm³/mol. The summed E-state index contributed by atoms with van der Waals surface area (Å²) in [6.07, 6.45) is 0. The van der Waals surface area contributed by atoms with Gasteiger partial charge in [0.15, 0.2) is 0 Å². The minimum absolute atomic E-state index is 0.106. The number of nitrogens with two attached hydrogens (primary N) is 1. The smallest absolute Gasteiger partial charge is 0.102 e. The summed E-state index contributed by atoms with van der Waals surface area (Å²) in [5, 5.41) is 8.30. The topological polar surface area (TPSA) is 69.6 Å². The molecule has 1 atom stereocenters. The summed E-state index contributed by atoms with van der Waals surface area (Å²) in [4.78, 5) is 4.26. The van der Waals surface area contributed by atoms with E-state index in [9.17, 15) is 0 Å². The third-order valence-electron chi connectivity index (χ3n) is 2.92. The second-order valence-corrected chi connectivity index (χ2v) is 5.15. The van der Waals surface area contributed by atoms with E-state index in [1.807, 2.05) is 36.2 Å². The molecule has 18 heavy (non-hydrogen) atoms. The Morgan fingerprint density at radius 1 is 1.39 bits per heavy atom. The van der Waals surface area contributed by atoms with Crippen molar-refractivity contribution in [3.8, 4) is 5.69 Å². The highest BCUT2D eigenvalue weighted by atomic mass is 32.1. The van der Waals surface area contributed by atoms with Crippen molar-refractivity contribution in [3.05, 3.63) is 35.1 Å². The first-order valence-electron chi connectivity index (χ1n) is 5.68. The molecule has 6 heteroatoms. The van der Waals surface area contributed by atoms with Crippen LogP contribution in [0.25, 0.3) is 15.9 Å². The van der Waals surface area contributed by atoms with E-state index in [0.717, 1.165) is 27.3 Å². The van der Waals surface area contributed by atoms with Crippen molar-refractivity contribution in [2.45, 2.75) is 19.9 Å². The van der Waals surface area contributed by atoms with Crippen molar-refractivity contribution in [2.75, 3.05) is 0 Å². The van der Waals surface area contributed by atoms with Crippen molar-refractivity contribution in [1.82, 2.24) is 20.0 Å². The van der Waals surface area contributed by atoms with Gasteiger partial charge in [0.2, 0.25) is 0 Å². The van der Waals surface area contributed by atoms with E-state index in [4.69, 9.17) is 5.73 Å². The number of thiazole rings is 1. The molecule has 0 fully saturated rings. The van der Waals surface area contributed by atoms with Crippen molar-refractivity contribution < 1.29 is 0 Å². The molecule has 5 nitrogen and oxygen atoms in total. The standard InChI is InChI=1S/C12H13N5S/c1-7(13)12-8(2)17(16-15-12)9-3-4-10-11(5-9)18-6-14-10/h3-7H,13H2,1-2H3. The van der Waals surface area contributed by atoms with E-state index in [-0.39, 0.29) is 6.04 Å². The fourth-order valence-electron chi connectivity index (χ4n) is 1.98. The zero-order chi connectivity index (χ0) is 12.7. The zero-order valence-corrected chi connectivity index (χ0v) is 11.0. The molecular formula is C12H13N5S. The Balaban J connectivity index is 2.13. The van der Waals surface area contributed by atoms with Gasteiger partial charge in [-0.2, -0.15) is 0 Å². The molecule has 3 aromatic rings. The average molecular weight is 259 g/mol. The van der Waals surface area contributed by atoms with E-state index in [0.29, 0.717) is 0 Å². The van der Waals surface area contributed by atoms with Gasteiger partial charge in [-0.15, -0.1) is 16.4 Å². The lowest BCUT2D eigenvalue weighted by molar-refractivity contribution is 0.757. The van der Waals surface area contributed by atoms with E-state index in [2.05, 4.69) is 21.4 Å². The van der Waals surface area contributed by atoms with Crippen molar-refractivity contribution in [1.29, 1.82) is 0 Å². The fourth-order valence-corrected chi connectivity index (χ4v) is 2.69. The van der Waals surface area contributed by atoms with Crippen LogP contribution in [-0.2, 0) is 0 Å². The molecule has 0 saturated heterocycles. The third kappa shape index (κ3) is 1.70. The molecule has 2 N–H and O–H groups in total. The number of rotatable bonds is 2. The van der Waals surface area contributed by atoms with Gasteiger partial charge in [0.05, 0.1) is 27.1 Å². The van der Waals surface area contributed by atoms with Gasteiger partial charge in [-0.05, 0) is 32.0 Å². The monoisotopic (exact) mass is 259 g/mol. The maximum Gasteiger partial charge on any atom is 0.102 e. The second-order valence-electron chi connectivity index (χ2n) is 4.26. The van der Waals surface area contributed by atoms with Crippen LogP contribution in [0.3, 0.4) is 0 Å².